The van der Waals surface area contributed by atoms with Crippen molar-refractivity contribution < 1.29 is 13.9 Å². The molecule has 0 spiro atoms. The van der Waals surface area contributed by atoms with Crippen molar-refractivity contribution in [2.45, 2.75) is 19.3 Å². The highest BCUT2D eigenvalue weighted by Crippen LogP contribution is 2.36. The molecule has 0 aliphatic rings. The lowest BCUT2D eigenvalue weighted by molar-refractivity contribution is 0.410. The largest absolute Gasteiger partial charge is 0.497 e. The molecule has 0 saturated heterocycles. The van der Waals surface area contributed by atoms with E-state index in [1.54, 1.807) is 19.2 Å². The van der Waals surface area contributed by atoms with E-state index in [0.29, 0.717) is 29.5 Å². The lowest BCUT2D eigenvalue weighted by atomic mass is 9.93. The number of rotatable bonds is 6. The SMILES string of the molecule is COc1ccc(-c2cc(C(C)CCN)ccc2OC)c(F)c1. The summed E-state index contributed by atoms with van der Waals surface area (Å²) in [4.78, 5) is 0. The predicted octanol–water partition coefficient (Wildman–Crippen LogP) is 3.96. The van der Waals surface area contributed by atoms with Crippen LogP contribution in [-0.2, 0) is 0 Å². The number of ether oxygens (including phenoxy) is 2. The van der Waals surface area contributed by atoms with Crippen LogP contribution in [0.3, 0.4) is 0 Å². The Hall–Kier alpha value is -2.07. The van der Waals surface area contributed by atoms with Crippen LogP contribution in [0.2, 0.25) is 0 Å². The fraction of sp³-hybridized carbons (Fsp3) is 0.333. The van der Waals surface area contributed by atoms with Crippen molar-refractivity contribution in [2.24, 2.45) is 5.73 Å². The van der Waals surface area contributed by atoms with Crippen LogP contribution in [0.15, 0.2) is 36.4 Å². The van der Waals surface area contributed by atoms with Gasteiger partial charge >= 0.3 is 0 Å². The third-order valence-electron chi connectivity index (χ3n) is 3.86. The highest BCUT2D eigenvalue weighted by Gasteiger charge is 2.14. The van der Waals surface area contributed by atoms with E-state index in [1.165, 1.54) is 13.2 Å². The molecule has 1 unspecified atom stereocenters. The Labute approximate surface area is 130 Å². The summed E-state index contributed by atoms with van der Waals surface area (Å²) in [7, 11) is 3.10. The average Bonchev–Trinajstić information content (AvgIpc) is 2.54. The highest BCUT2D eigenvalue weighted by atomic mass is 19.1. The van der Waals surface area contributed by atoms with E-state index >= 15 is 0 Å². The Balaban J connectivity index is 2.50. The van der Waals surface area contributed by atoms with Gasteiger partial charge in [0, 0.05) is 17.2 Å². The average molecular weight is 303 g/mol. The second-order valence-corrected chi connectivity index (χ2v) is 5.28. The summed E-state index contributed by atoms with van der Waals surface area (Å²) < 4.78 is 24.8. The summed E-state index contributed by atoms with van der Waals surface area (Å²) in [6.07, 6.45) is 0.886. The van der Waals surface area contributed by atoms with Gasteiger partial charge in [0.2, 0.25) is 0 Å². The van der Waals surface area contributed by atoms with Crippen molar-refractivity contribution in [1.29, 1.82) is 0 Å². The van der Waals surface area contributed by atoms with Gasteiger partial charge in [-0.15, -0.1) is 0 Å². The van der Waals surface area contributed by atoms with Gasteiger partial charge in [-0.2, -0.15) is 0 Å². The second-order valence-electron chi connectivity index (χ2n) is 5.28. The van der Waals surface area contributed by atoms with Gasteiger partial charge in [0.15, 0.2) is 0 Å². The third-order valence-corrected chi connectivity index (χ3v) is 3.86. The van der Waals surface area contributed by atoms with E-state index in [0.717, 1.165) is 17.5 Å². The maximum Gasteiger partial charge on any atom is 0.134 e. The minimum absolute atomic E-state index is 0.316. The molecule has 1 atom stereocenters. The number of hydrogen-bond donors (Lipinski definition) is 1. The standard InChI is InChI=1S/C18H22FNO2/c1-12(8-9-20)13-4-7-18(22-3)16(10-13)15-6-5-14(21-2)11-17(15)19/h4-7,10-12H,8-9,20H2,1-3H3. The van der Waals surface area contributed by atoms with Crippen LogP contribution in [-0.4, -0.2) is 20.8 Å². The van der Waals surface area contributed by atoms with Gasteiger partial charge in [0.25, 0.3) is 0 Å². The molecular weight excluding hydrogens is 281 g/mol. The van der Waals surface area contributed by atoms with Crippen LogP contribution in [0.25, 0.3) is 11.1 Å². The van der Waals surface area contributed by atoms with Crippen molar-refractivity contribution in [3.63, 3.8) is 0 Å². The summed E-state index contributed by atoms with van der Waals surface area (Å²) in [5.74, 6) is 1.12. The molecule has 118 valence electrons. The van der Waals surface area contributed by atoms with Gasteiger partial charge in [-0.05, 0) is 48.7 Å². The van der Waals surface area contributed by atoms with Crippen molar-refractivity contribution in [3.8, 4) is 22.6 Å². The molecule has 0 saturated carbocycles. The Bertz CT molecular complexity index is 643. The molecule has 2 aromatic rings. The molecular formula is C18H22FNO2. The molecule has 22 heavy (non-hydrogen) atoms. The highest BCUT2D eigenvalue weighted by molar-refractivity contribution is 5.72. The summed E-state index contributed by atoms with van der Waals surface area (Å²) in [6, 6.07) is 10.7. The van der Waals surface area contributed by atoms with Gasteiger partial charge in [-0.3, -0.25) is 0 Å². The van der Waals surface area contributed by atoms with E-state index in [2.05, 4.69) is 6.92 Å². The first kappa shape index (κ1) is 16.3. The monoisotopic (exact) mass is 303 g/mol. The zero-order valence-corrected chi connectivity index (χ0v) is 13.2. The molecule has 0 bridgehead atoms. The summed E-state index contributed by atoms with van der Waals surface area (Å²) >= 11 is 0. The molecule has 2 aromatic carbocycles. The zero-order chi connectivity index (χ0) is 16.1. The summed E-state index contributed by atoms with van der Waals surface area (Å²) in [5, 5.41) is 0. The quantitative estimate of drug-likeness (QED) is 0.878. The Morgan fingerprint density at radius 1 is 1.05 bits per heavy atom. The van der Waals surface area contributed by atoms with E-state index in [1.807, 2.05) is 18.2 Å². The Morgan fingerprint density at radius 2 is 1.82 bits per heavy atom. The third kappa shape index (κ3) is 3.39. The molecule has 0 radical (unpaired) electrons. The van der Waals surface area contributed by atoms with Gasteiger partial charge in [0.1, 0.15) is 17.3 Å². The van der Waals surface area contributed by atoms with Gasteiger partial charge < -0.3 is 15.2 Å². The zero-order valence-electron chi connectivity index (χ0n) is 13.2. The first-order chi connectivity index (χ1) is 10.6. The number of benzene rings is 2. The van der Waals surface area contributed by atoms with E-state index in [4.69, 9.17) is 15.2 Å². The molecule has 0 fully saturated rings. The topological polar surface area (TPSA) is 44.5 Å². The molecule has 2 N–H and O–H groups in total. The van der Waals surface area contributed by atoms with Crippen molar-refractivity contribution in [1.82, 2.24) is 0 Å². The van der Waals surface area contributed by atoms with Crippen LogP contribution in [0, 0.1) is 5.82 Å². The molecule has 4 heteroatoms. The first-order valence-corrected chi connectivity index (χ1v) is 7.32. The Morgan fingerprint density at radius 3 is 2.41 bits per heavy atom. The molecule has 0 aliphatic carbocycles. The molecule has 0 amide bonds. The van der Waals surface area contributed by atoms with Crippen LogP contribution in [0.4, 0.5) is 4.39 Å². The predicted molar refractivity (Wildman–Crippen MR) is 87.0 cm³/mol. The van der Waals surface area contributed by atoms with Crippen LogP contribution < -0.4 is 15.2 Å². The fourth-order valence-electron chi connectivity index (χ4n) is 2.50. The second kappa shape index (κ2) is 7.27. The van der Waals surface area contributed by atoms with Crippen LogP contribution in [0.5, 0.6) is 11.5 Å². The van der Waals surface area contributed by atoms with E-state index in [-0.39, 0.29) is 5.82 Å². The maximum atomic E-state index is 14.4. The summed E-state index contributed by atoms with van der Waals surface area (Å²) in [5.41, 5.74) is 7.99. The molecule has 2 rings (SSSR count). The van der Waals surface area contributed by atoms with E-state index < -0.39 is 0 Å². The molecule has 0 aromatic heterocycles. The first-order valence-electron chi connectivity index (χ1n) is 7.32. The minimum atomic E-state index is -0.332. The Kier molecular flexibility index (Phi) is 5.39. The molecule has 0 aliphatic heterocycles. The molecule has 0 heterocycles. The normalized spacial score (nSPS) is 12.0. The van der Waals surface area contributed by atoms with Gasteiger partial charge in [-0.1, -0.05) is 13.0 Å². The number of halogens is 1. The lowest BCUT2D eigenvalue weighted by Gasteiger charge is -2.16. The number of nitrogens with two attached hydrogens (primary N) is 1. The van der Waals surface area contributed by atoms with Crippen molar-refractivity contribution in [3.05, 3.63) is 47.8 Å². The van der Waals surface area contributed by atoms with Crippen LogP contribution in [0.1, 0.15) is 24.8 Å². The fourth-order valence-corrected chi connectivity index (χ4v) is 2.50. The summed E-state index contributed by atoms with van der Waals surface area (Å²) in [6.45, 7) is 2.74. The van der Waals surface area contributed by atoms with Gasteiger partial charge in [-0.25, -0.2) is 4.39 Å². The van der Waals surface area contributed by atoms with Crippen molar-refractivity contribution in [2.75, 3.05) is 20.8 Å². The van der Waals surface area contributed by atoms with Crippen LogP contribution >= 0.6 is 0 Å². The maximum absolute atomic E-state index is 14.4. The van der Waals surface area contributed by atoms with E-state index in [9.17, 15) is 4.39 Å². The van der Waals surface area contributed by atoms with Crippen molar-refractivity contribution >= 4 is 0 Å². The number of methoxy groups -OCH3 is 2. The lowest BCUT2D eigenvalue weighted by Crippen LogP contribution is -2.05. The number of hydrogen-bond acceptors (Lipinski definition) is 3. The molecule has 3 nitrogen and oxygen atoms in total. The van der Waals surface area contributed by atoms with Gasteiger partial charge in [0.05, 0.1) is 14.2 Å². The minimum Gasteiger partial charge on any atom is -0.497 e. The smallest absolute Gasteiger partial charge is 0.134 e.